The first-order chi connectivity index (χ1) is 15.5. The lowest BCUT2D eigenvalue weighted by Gasteiger charge is -2.31. The first-order valence-electron chi connectivity index (χ1n) is 10.6. The molecular weight excluding hydrogens is 443 g/mol. The summed E-state index contributed by atoms with van der Waals surface area (Å²) >= 11 is 12.3. The lowest BCUT2D eigenvalue weighted by molar-refractivity contribution is -0.140. The standard InChI is InChI=1S/C26H26Cl2N2O2/c1-2-29-26(32)24(16-19-8-4-3-5-9-19)30(18-21-11-7-13-23(28)15-21)25(31)17-20-10-6-12-22(27)14-20/h3-15,24H,2,16-18H2,1H3,(H,29,32)/t24-/m0/s1. The van der Waals surface area contributed by atoms with Crippen LogP contribution in [0.3, 0.4) is 0 Å². The van der Waals surface area contributed by atoms with Crippen molar-refractivity contribution in [3.8, 4) is 0 Å². The minimum Gasteiger partial charge on any atom is -0.355 e. The summed E-state index contributed by atoms with van der Waals surface area (Å²) in [6.07, 6.45) is 0.556. The predicted octanol–water partition coefficient (Wildman–Crippen LogP) is 5.31. The number of carbonyl (C=O) groups is 2. The van der Waals surface area contributed by atoms with Crippen LogP contribution in [0.1, 0.15) is 23.6 Å². The molecule has 1 N–H and O–H groups in total. The Kier molecular flexibility index (Phi) is 8.72. The Hall–Kier alpha value is -2.82. The van der Waals surface area contributed by atoms with Crippen LogP contribution >= 0.6 is 23.2 Å². The molecule has 0 bridgehead atoms. The number of carbonyl (C=O) groups excluding carboxylic acids is 2. The van der Waals surface area contributed by atoms with E-state index in [2.05, 4.69) is 5.32 Å². The van der Waals surface area contributed by atoms with Crippen molar-refractivity contribution in [2.24, 2.45) is 0 Å². The molecule has 3 rings (SSSR count). The molecule has 1 atom stereocenters. The van der Waals surface area contributed by atoms with Crippen molar-refractivity contribution in [1.29, 1.82) is 0 Å². The highest BCUT2D eigenvalue weighted by atomic mass is 35.5. The summed E-state index contributed by atoms with van der Waals surface area (Å²) in [7, 11) is 0. The topological polar surface area (TPSA) is 49.4 Å². The zero-order valence-electron chi connectivity index (χ0n) is 17.9. The third-order valence-corrected chi connectivity index (χ3v) is 5.58. The average Bonchev–Trinajstić information content (AvgIpc) is 2.77. The van der Waals surface area contributed by atoms with E-state index < -0.39 is 6.04 Å². The second-order valence-electron chi connectivity index (χ2n) is 7.56. The fourth-order valence-electron chi connectivity index (χ4n) is 3.60. The summed E-state index contributed by atoms with van der Waals surface area (Å²) < 4.78 is 0. The number of benzene rings is 3. The minimum absolute atomic E-state index is 0.145. The van der Waals surface area contributed by atoms with Gasteiger partial charge in [-0.3, -0.25) is 9.59 Å². The first kappa shape index (κ1) is 23.8. The zero-order chi connectivity index (χ0) is 22.9. The van der Waals surface area contributed by atoms with Crippen molar-refractivity contribution < 1.29 is 9.59 Å². The summed E-state index contributed by atoms with van der Waals surface area (Å²) in [6.45, 7) is 2.62. The molecule has 0 saturated heterocycles. The van der Waals surface area contributed by atoms with Crippen LogP contribution in [-0.2, 0) is 29.0 Å². The van der Waals surface area contributed by atoms with Crippen molar-refractivity contribution in [1.82, 2.24) is 10.2 Å². The highest BCUT2D eigenvalue weighted by Crippen LogP contribution is 2.19. The van der Waals surface area contributed by atoms with E-state index in [9.17, 15) is 9.59 Å². The van der Waals surface area contributed by atoms with E-state index >= 15 is 0 Å². The van der Waals surface area contributed by atoms with Crippen molar-refractivity contribution in [2.75, 3.05) is 6.54 Å². The SMILES string of the molecule is CCNC(=O)[C@H](Cc1ccccc1)N(Cc1cccc(Cl)c1)C(=O)Cc1cccc(Cl)c1. The van der Waals surface area contributed by atoms with E-state index in [1.54, 1.807) is 23.1 Å². The molecule has 0 saturated carbocycles. The third-order valence-electron chi connectivity index (χ3n) is 5.11. The second kappa shape index (κ2) is 11.7. The lowest BCUT2D eigenvalue weighted by Crippen LogP contribution is -2.50. The van der Waals surface area contributed by atoms with Crippen molar-refractivity contribution in [3.63, 3.8) is 0 Å². The Labute approximate surface area is 199 Å². The summed E-state index contributed by atoms with van der Waals surface area (Å²) in [5.74, 6) is -0.336. The zero-order valence-corrected chi connectivity index (χ0v) is 19.4. The Morgan fingerprint density at radius 2 is 1.44 bits per heavy atom. The molecule has 0 spiro atoms. The van der Waals surface area contributed by atoms with Crippen LogP contribution in [0, 0.1) is 0 Å². The van der Waals surface area contributed by atoms with Gasteiger partial charge in [0.2, 0.25) is 11.8 Å². The van der Waals surface area contributed by atoms with E-state index in [1.807, 2.05) is 67.6 Å². The largest absolute Gasteiger partial charge is 0.355 e. The molecule has 2 amide bonds. The van der Waals surface area contributed by atoms with Gasteiger partial charge in [-0.2, -0.15) is 0 Å². The quantitative estimate of drug-likeness (QED) is 0.462. The van der Waals surface area contributed by atoms with Crippen molar-refractivity contribution >= 4 is 35.0 Å². The summed E-state index contributed by atoms with van der Waals surface area (Å²) in [5, 5.41) is 4.05. The molecule has 0 heterocycles. The Morgan fingerprint density at radius 3 is 2.06 bits per heavy atom. The van der Waals surface area contributed by atoms with Gasteiger partial charge in [0.25, 0.3) is 0 Å². The van der Waals surface area contributed by atoms with Crippen LogP contribution in [0.5, 0.6) is 0 Å². The van der Waals surface area contributed by atoms with Crippen LogP contribution in [0.2, 0.25) is 10.0 Å². The van der Waals surface area contributed by atoms with Gasteiger partial charge in [0.05, 0.1) is 6.42 Å². The van der Waals surface area contributed by atoms with E-state index in [-0.39, 0.29) is 24.8 Å². The fourth-order valence-corrected chi connectivity index (χ4v) is 4.03. The Morgan fingerprint density at radius 1 is 0.844 bits per heavy atom. The fraction of sp³-hybridized carbons (Fsp3) is 0.231. The van der Waals surface area contributed by atoms with Gasteiger partial charge in [-0.15, -0.1) is 0 Å². The lowest BCUT2D eigenvalue weighted by atomic mass is 10.0. The number of hydrogen-bond donors (Lipinski definition) is 1. The first-order valence-corrected chi connectivity index (χ1v) is 11.3. The van der Waals surface area contributed by atoms with Crippen LogP contribution in [0.25, 0.3) is 0 Å². The molecule has 0 unspecified atom stereocenters. The van der Waals surface area contributed by atoms with Crippen LogP contribution in [-0.4, -0.2) is 29.3 Å². The molecule has 4 nitrogen and oxygen atoms in total. The molecule has 0 radical (unpaired) electrons. The number of halogens is 2. The van der Waals surface area contributed by atoms with Gasteiger partial charge in [-0.25, -0.2) is 0 Å². The molecule has 0 aliphatic rings. The maximum Gasteiger partial charge on any atom is 0.243 e. The normalized spacial score (nSPS) is 11.6. The number of amides is 2. The molecule has 0 fully saturated rings. The van der Waals surface area contributed by atoms with E-state index in [1.165, 1.54) is 0 Å². The van der Waals surface area contributed by atoms with Crippen LogP contribution < -0.4 is 5.32 Å². The summed E-state index contributed by atoms with van der Waals surface area (Å²) in [6, 6.07) is 23.6. The molecule has 0 aliphatic carbocycles. The maximum atomic E-state index is 13.5. The van der Waals surface area contributed by atoms with Crippen molar-refractivity contribution in [2.45, 2.75) is 32.4 Å². The molecule has 0 aromatic heterocycles. The summed E-state index contributed by atoms with van der Waals surface area (Å²) in [5.41, 5.74) is 2.64. The third kappa shape index (κ3) is 6.84. The molecule has 6 heteroatoms. The van der Waals surface area contributed by atoms with Gasteiger partial charge in [0.15, 0.2) is 0 Å². The van der Waals surface area contributed by atoms with Crippen molar-refractivity contribution in [3.05, 3.63) is 106 Å². The minimum atomic E-state index is -0.664. The number of likely N-dealkylation sites (N-methyl/N-ethyl adjacent to an activating group) is 1. The van der Waals surface area contributed by atoms with E-state index in [4.69, 9.17) is 23.2 Å². The van der Waals surface area contributed by atoms with Crippen LogP contribution in [0.4, 0.5) is 0 Å². The Balaban J connectivity index is 1.95. The molecule has 3 aromatic carbocycles. The smallest absolute Gasteiger partial charge is 0.243 e. The highest BCUT2D eigenvalue weighted by Gasteiger charge is 2.30. The number of hydrogen-bond acceptors (Lipinski definition) is 2. The number of rotatable bonds is 9. The average molecular weight is 469 g/mol. The van der Waals surface area contributed by atoms with E-state index in [0.717, 1.165) is 16.7 Å². The van der Waals surface area contributed by atoms with E-state index in [0.29, 0.717) is 23.0 Å². The van der Waals surface area contributed by atoms with Gasteiger partial charge in [-0.1, -0.05) is 77.8 Å². The van der Waals surface area contributed by atoms with Crippen LogP contribution in [0.15, 0.2) is 78.9 Å². The highest BCUT2D eigenvalue weighted by molar-refractivity contribution is 6.30. The van der Waals surface area contributed by atoms with Gasteiger partial charge in [-0.05, 0) is 47.9 Å². The molecule has 0 aliphatic heterocycles. The number of nitrogens with one attached hydrogen (secondary N) is 1. The van der Waals surface area contributed by atoms with Gasteiger partial charge < -0.3 is 10.2 Å². The molecule has 166 valence electrons. The monoisotopic (exact) mass is 468 g/mol. The van der Waals surface area contributed by atoms with Gasteiger partial charge >= 0.3 is 0 Å². The molecular formula is C26H26Cl2N2O2. The summed E-state index contributed by atoms with van der Waals surface area (Å²) in [4.78, 5) is 28.3. The Bertz CT molecular complexity index is 1060. The number of nitrogens with zero attached hydrogens (tertiary/aromatic N) is 1. The second-order valence-corrected chi connectivity index (χ2v) is 8.43. The molecule has 32 heavy (non-hydrogen) atoms. The van der Waals surface area contributed by atoms with Gasteiger partial charge in [0.1, 0.15) is 6.04 Å². The predicted molar refractivity (Wildman–Crippen MR) is 130 cm³/mol. The van der Waals surface area contributed by atoms with Gasteiger partial charge in [0, 0.05) is 29.6 Å². The maximum absolute atomic E-state index is 13.5. The molecule has 3 aromatic rings.